The van der Waals surface area contributed by atoms with Crippen LogP contribution < -0.4 is 4.72 Å². The van der Waals surface area contributed by atoms with Crippen LogP contribution in [0.1, 0.15) is 17.0 Å². The zero-order valence-electron chi connectivity index (χ0n) is 10.9. The van der Waals surface area contributed by atoms with Gasteiger partial charge in [-0.2, -0.15) is 5.10 Å². The van der Waals surface area contributed by atoms with E-state index in [2.05, 4.69) is 14.9 Å². The molecule has 2 rings (SSSR count). The van der Waals surface area contributed by atoms with Gasteiger partial charge in [0.25, 0.3) is 10.0 Å². The van der Waals surface area contributed by atoms with Crippen molar-refractivity contribution in [2.24, 2.45) is 0 Å². The maximum Gasteiger partial charge on any atom is 0.265 e. The Kier molecular flexibility index (Phi) is 3.78. The van der Waals surface area contributed by atoms with E-state index in [9.17, 15) is 12.8 Å². The molecular weight excluding hydrogens is 285 g/mol. The summed E-state index contributed by atoms with van der Waals surface area (Å²) < 4.78 is 40.1. The van der Waals surface area contributed by atoms with Crippen LogP contribution in [0.2, 0.25) is 0 Å². The predicted octanol–water partition coefficient (Wildman–Crippen LogP) is 1.46. The number of sulfonamides is 1. The van der Waals surface area contributed by atoms with Crippen LogP contribution in [0, 0.1) is 19.7 Å². The highest BCUT2D eigenvalue weighted by atomic mass is 32.2. The van der Waals surface area contributed by atoms with Gasteiger partial charge in [0.1, 0.15) is 16.4 Å². The van der Waals surface area contributed by atoms with E-state index in [4.69, 9.17) is 5.11 Å². The normalized spacial score (nSPS) is 11.6. The van der Waals surface area contributed by atoms with Crippen molar-refractivity contribution in [3.63, 3.8) is 0 Å². The molecule has 1 aromatic heterocycles. The van der Waals surface area contributed by atoms with Crippen LogP contribution >= 0.6 is 0 Å². The summed E-state index contributed by atoms with van der Waals surface area (Å²) in [5.74, 6) is -0.542. The lowest BCUT2D eigenvalue weighted by Crippen LogP contribution is -2.16. The molecule has 0 aliphatic heterocycles. The molecule has 1 aromatic carbocycles. The Labute approximate surface area is 115 Å². The molecule has 8 heteroatoms. The highest BCUT2D eigenvalue weighted by molar-refractivity contribution is 7.92. The summed E-state index contributed by atoms with van der Waals surface area (Å²) in [6.45, 7) is 2.67. The number of anilines is 1. The molecule has 0 saturated carbocycles. The van der Waals surface area contributed by atoms with Gasteiger partial charge >= 0.3 is 0 Å². The van der Waals surface area contributed by atoms with Crippen LogP contribution in [-0.4, -0.2) is 23.7 Å². The van der Waals surface area contributed by atoms with Gasteiger partial charge in [-0.25, -0.2) is 12.8 Å². The van der Waals surface area contributed by atoms with E-state index in [1.807, 2.05) is 0 Å². The second-order valence-electron chi connectivity index (χ2n) is 4.35. The number of aliphatic hydroxyl groups is 1. The Morgan fingerprint density at radius 1 is 1.40 bits per heavy atom. The van der Waals surface area contributed by atoms with E-state index in [0.717, 1.165) is 6.07 Å². The standard InChI is InChI=1S/C12H14FN3O3S/c1-7-3-4-9(13)5-10(7)16-20(18,19)12-8(2)14-15-11(12)6-17/h3-5,16-17H,6H2,1-2H3,(H,14,15). The van der Waals surface area contributed by atoms with Crippen molar-refractivity contribution in [1.29, 1.82) is 0 Å². The number of rotatable bonds is 4. The topological polar surface area (TPSA) is 95.1 Å². The first-order chi connectivity index (χ1) is 9.35. The molecule has 0 aliphatic rings. The number of hydrogen-bond donors (Lipinski definition) is 3. The van der Waals surface area contributed by atoms with Crippen LogP contribution in [-0.2, 0) is 16.6 Å². The SMILES string of the molecule is Cc1ccc(F)cc1NS(=O)(=O)c1c(CO)n[nH]c1C. The van der Waals surface area contributed by atoms with E-state index in [-0.39, 0.29) is 16.3 Å². The average Bonchev–Trinajstić information content (AvgIpc) is 2.75. The van der Waals surface area contributed by atoms with Crippen LogP contribution in [0.4, 0.5) is 10.1 Å². The van der Waals surface area contributed by atoms with Crippen molar-refractivity contribution in [2.45, 2.75) is 25.3 Å². The fraction of sp³-hybridized carbons (Fsp3) is 0.250. The maximum absolute atomic E-state index is 13.2. The lowest BCUT2D eigenvalue weighted by atomic mass is 10.2. The molecule has 0 fully saturated rings. The Morgan fingerprint density at radius 3 is 2.75 bits per heavy atom. The zero-order valence-corrected chi connectivity index (χ0v) is 11.8. The summed E-state index contributed by atoms with van der Waals surface area (Å²) in [7, 11) is -3.95. The summed E-state index contributed by atoms with van der Waals surface area (Å²) in [5, 5.41) is 15.3. The minimum Gasteiger partial charge on any atom is -0.390 e. The maximum atomic E-state index is 13.2. The monoisotopic (exact) mass is 299 g/mol. The molecular formula is C12H14FN3O3S. The number of aliphatic hydroxyl groups excluding tert-OH is 1. The molecule has 0 bridgehead atoms. The Morgan fingerprint density at radius 2 is 2.10 bits per heavy atom. The van der Waals surface area contributed by atoms with Crippen molar-refractivity contribution in [3.05, 3.63) is 41.0 Å². The van der Waals surface area contributed by atoms with Crippen molar-refractivity contribution >= 4 is 15.7 Å². The van der Waals surface area contributed by atoms with E-state index in [0.29, 0.717) is 11.3 Å². The minimum absolute atomic E-state index is 0.0176. The third-order valence-electron chi connectivity index (χ3n) is 2.82. The lowest BCUT2D eigenvalue weighted by molar-refractivity contribution is 0.273. The first-order valence-corrected chi connectivity index (χ1v) is 7.27. The summed E-state index contributed by atoms with van der Waals surface area (Å²) in [4.78, 5) is -0.122. The van der Waals surface area contributed by atoms with E-state index in [1.54, 1.807) is 6.92 Å². The van der Waals surface area contributed by atoms with Gasteiger partial charge in [-0.05, 0) is 31.5 Å². The van der Waals surface area contributed by atoms with Crippen molar-refractivity contribution in [2.75, 3.05) is 4.72 Å². The molecule has 20 heavy (non-hydrogen) atoms. The fourth-order valence-corrected chi connectivity index (χ4v) is 3.31. The largest absolute Gasteiger partial charge is 0.390 e. The highest BCUT2D eigenvalue weighted by Crippen LogP contribution is 2.24. The number of halogens is 1. The Balaban J connectivity index is 2.46. The summed E-state index contributed by atoms with van der Waals surface area (Å²) in [5.41, 5.74) is 1.05. The molecule has 3 N–H and O–H groups in total. The molecule has 0 radical (unpaired) electrons. The number of aromatic nitrogens is 2. The number of aryl methyl sites for hydroxylation is 2. The average molecular weight is 299 g/mol. The molecule has 0 saturated heterocycles. The second kappa shape index (κ2) is 5.22. The molecule has 0 amide bonds. The molecule has 0 atom stereocenters. The first kappa shape index (κ1) is 14.5. The van der Waals surface area contributed by atoms with Gasteiger partial charge in [-0.3, -0.25) is 9.82 Å². The number of aromatic amines is 1. The number of benzene rings is 1. The highest BCUT2D eigenvalue weighted by Gasteiger charge is 2.24. The molecule has 0 spiro atoms. The molecule has 0 unspecified atom stereocenters. The van der Waals surface area contributed by atoms with Gasteiger partial charge in [0, 0.05) is 0 Å². The van der Waals surface area contributed by atoms with Gasteiger partial charge in [-0.15, -0.1) is 0 Å². The minimum atomic E-state index is -3.95. The van der Waals surface area contributed by atoms with Crippen molar-refractivity contribution < 1.29 is 17.9 Å². The number of nitrogens with zero attached hydrogens (tertiary/aromatic N) is 1. The van der Waals surface area contributed by atoms with Crippen LogP contribution in [0.15, 0.2) is 23.1 Å². The van der Waals surface area contributed by atoms with Crippen LogP contribution in [0.3, 0.4) is 0 Å². The third kappa shape index (κ3) is 2.66. The first-order valence-electron chi connectivity index (χ1n) is 5.79. The quantitative estimate of drug-likeness (QED) is 0.796. The molecule has 108 valence electrons. The number of hydrogen-bond acceptors (Lipinski definition) is 4. The van der Waals surface area contributed by atoms with Gasteiger partial charge in [0.2, 0.25) is 0 Å². The zero-order chi connectivity index (χ0) is 14.9. The van der Waals surface area contributed by atoms with Gasteiger partial charge in [0.05, 0.1) is 18.0 Å². The van der Waals surface area contributed by atoms with Gasteiger partial charge < -0.3 is 5.11 Å². The number of nitrogens with one attached hydrogen (secondary N) is 2. The number of H-pyrrole nitrogens is 1. The Bertz CT molecular complexity index is 740. The molecule has 6 nitrogen and oxygen atoms in total. The lowest BCUT2D eigenvalue weighted by Gasteiger charge is -2.11. The third-order valence-corrected chi connectivity index (χ3v) is 4.39. The van der Waals surface area contributed by atoms with Crippen LogP contribution in [0.25, 0.3) is 0 Å². The van der Waals surface area contributed by atoms with E-state index < -0.39 is 22.4 Å². The Hall–Kier alpha value is -1.93. The fourth-order valence-electron chi connectivity index (χ4n) is 1.83. The van der Waals surface area contributed by atoms with E-state index in [1.165, 1.54) is 19.1 Å². The molecule has 0 aliphatic carbocycles. The summed E-state index contributed by atoms with van der Waals surface area (Å²) in [6, 6.07) is 3.82. The molecule has 1 heterocycles. The van der Waals surface area contributed by atoms with Crippen molar-refractivity contribution in [1.82, 2.24) is 10.2 Å². The van der Waals surface area contributed by atoms with Gasteiger partial charge in [0.15, 0.2) is 0 Å². The van der Waals surface area contributed by atoms with Crippen LogP contribution in [0.5, 0.6) is 0 Å². The van der Waals surface area contributed by atoms with E-state index >= 15 is 0 Å². The summed E-state index contributed by atoms with van der Waals surface area (Å²) in [6.07, 6.45) is 0. The molecule has 2 aromatic rings. The van der Waals surface area contributed by atoms with Crippen molar-refractivity contribution in [3.8, 4) is 0 Å². The second-order valence-corrected chi connectivity index (χ2v) is 5.97. The predicted molar refractivity (Wildman–Crippen MR) is 71.2 cm³/mol. The smallest absolute Gasteiger partial charge is 0.265 e. The summed E-state index contributed by atoms with van der Waals surface area (Å²) >= 11 is 0. The van der Waals surface area contributed by atoms with Gasteiger partial charge in [-0.1, -0.05) is 6.07 Å².